The average Bonchev–Trinajstić information content (AvgIpc) is 2.40. The van der Waals surface area contributed by atoms with Crippen LogP contribution in [0.5, 0.6) is 0 Å². The van der Waals surface area contributed by atoms with Crippen molar-refractivity contribution in [2.45, 2.75) is 38.6 Å². The third-order valence-electron chi connectivity index (χ3n) is 3.87. The molecule has 0 bridgehead atoms. The van der Waals surface area contributed by atoms with E-state index in [9.17, 15) is 4.79 Å². The summed E-state index contributed by atoms with van der Waals surface area (Å²) in [5.41, 5.74) is 2.25. The van der Waals surface area contributed by atoms with Gasteiger partial charge in [-0.1, -0.05) is 18.2 Å². The summed E-state index contributed by atoms with van der Waals surface area (Å²) in [4.78, 5) is 13.2. The van der Waals surface area contributed by atoms with Crippen molar-refractivity contribution >= 4 is 12.1 Å². The maximum absolute atomic E-state index is 10.6. The molecule has 2 rings (SSSR count). The van der Waals surface area contributed by atoms with Gasteiger partial charge in [-0.2, -0.15) is 0 Å². The lowest BCUT2D eigenvalue weighted by molar-refractivity contribution is -0.105. The molecule has 0 saturated carbocycles. The molecule has 0 spiro atoms. The molecule has 0 aliphatic carbocycles. The quantitative estimate of drug-likeness (QED) is 0.829. The molecule has 3 heteroatoms. The number of amides is 1. The fourth-order valence-corrected chi connectivity index (χ4v) is 2.77. The van der Waals surface area contributed by atoms with Gasteiger partial charge in [0, 0.05) is 11.7 Å². The summed E-state index contributed by atoms with van der Waals surface area (Å²) in [5, 5.41) is 2.81. The van der Waals surface area contributed by atoms with E-state index in [4.69, 9.17) is 0 Å². The third kappa shape index (κ3) is 2.91. The van der Waals surface area contributed by atoms with Crippen molar-refractivity contribution in [3.05, 3.63) is 29.8 Å². The first-order chi connectivity index (χ1) is 8.72. The number of carbonyl (C=O) groups excluding carboxylic acids is 1. The molecule has 1 aromatic rings. The van der Waals surface area contributed by atoms with Crippen molar-refractivity contribution in [2.75, 3.05) is 18.4 Å². The molecule has 3 nitrogen and oxygen atoms in total. The highest BCUT2D eigenvalue weighted by Gasteiger charge is 2.23. The number of hydrogen-bond donors (Lipinski definition) is 1. The van der Waals surface area contributed by atoms with Gasteiger partial charge in [-0.05, 0) is 57.3 Å². The second-order valence-electron chi connectivity index (χ2n) is 5.25. The standard InChI is InChI=1S/C15H22N2O/c1-12(2)17-9-7-13(8-10-17)14-5-3-4-6-15(14)16-11-18/h3-6,11-13H,7-10H2,1-2H3,(H,16,18). The number of rotatable bonds is 4. The molecule has 98 valence electrons. The zero-order chi connectivity index (χ0) is 13.0. The molecule has 1 N–H and O–H groups in total. The Kier molecular flexibility index (Phi) is 4.37. The molecule has 1 saturated heterocycles. The Morgan fingerprint density at radius 1 is 1.28 bits per heavy atom. The fraction of sp³-hybridized carbons (Fsp3) is 0.533. The van der Waals surface area contributed by atoms with E-state index in [1.165, 1.54) is 18.4 Å². The van der Waals surface area contributed by atoms with Crippen molar-refractivity contribution < 1.29 is 4.79 Å². The first kappa shape index (κ1) is 13.1. The molecule has 0 unspecified atom stereocenters. The zero-order valence-electron chi connectivity index (χ0n) is 11.2. The van der Waals surface area contributed by atoms with Crippen molar-refractivity contribution in [1.29, 1.82) is 0 Å². The average molecular weight is 246 g/mol. The van der Waals surface area contributed by atoms with Gasteiger partial charge in [0.2, 0.25) is 6.41 Å². The summed E-state index contributed by atoms with van der Waals surface area (Å²) in [6, 6.07) is 8.79. The summed E-state index contributed by atoms with van der Waals surface area (Å²) in [6.07, 6.45) is 3.12. The number of nitrogens with zero attached hydrogens (tertiary/aromatic N) is 1. The topological polar surface area (TPSA) is 32.3 Å². The lowest BCUT2D eigenvalue weighted by atomic mass is 9.88. The smallest absolute Gasteiger partial charge is 0.211 e. The van der Waals surface area contributed by atoms with E-state index < -0.39 is 0 Å². The summed E-state index contributed by atoms with van der Waals surface area (Å²) in [6.45, 7) is 6.81. The van der Waals surface area contributed by atoms with E-state index in [-0.39, 0.29) is 0 Å². The van der Waals surface area contributed by atoms with Gasteiger partial charge in [-0.3, -0.25) is 4.79 Å². The number of likely N-dealkylation sites (tertiary alicyclic amines) is 1. The number of benzene rings is 1. The van der Waals surface area contributed by atoms with Crippen LogP contribution in [0.15, 0.2) is 24.3 Å². The molecule has 18 heavy (non-hydrogen) atoms. The fourth-order valence-electron chi connectivity index (χ4n) is 2.77. The van der Waals surface area contributed by atoms with Crippen molar-refractivity contribution in [1.82, 2.24) is 4.90 Å². The monoisotopic (exact) mass is 246 g/mol. The van der Waals surface area contributed by atoms with Crippen LogP contribution in [0, 0.1) is 0 Å². The number of hydrogen-bond acceptors (Lipinski definition) is 2. The Morgan fingerprint density at radius 2 is 1.94 bits per heavy atom. The highest BCUT2D eigenvalue weighted by molar-refractivity contribution is 5.73. The molecule has 0 radical (unpaired) electrons. The van der Waals surface area contributed by atoms with Crippen molar-refractivity contribution in [3.8, 4) is 0 Å². The molecule has 1 fully saturated rings. The van der Waals surface area contributed by atoms with Gasteiger partial charge in [0.15, 0.2) is 0 Å². The van der Waals surface area contributed by atoms with Crippen LogP contribution in [-0.4, -0.2) is 30.4 Å². The molecule has 1 aliphatic rings. The van der Waals surface area contributed by atoms with E-state index in [1.54, 1.807) is 0 Å². The Labute approximate surface area is 109 Å². The third-order valence-corrected chi connectivity index (χ3v) is 3.87. The summed E-state index contributed by atoms with van der Waals surface area (Å²) >= 11 is 0. The van der Waals surface area contributed by atoms with Crippen LogP contribution in [0.2, 0.25) is 0 Å². The normalized spacial score (nSPS) is 17.9. The Bertz CT molecular complexity index is 395. The van der Waals surface area contributed by atoms with Crippen LogP contribution in [0.4, 0.5) is 5.69 Å². The number of piperidine rings is 1. The van der Waals surface area contributed by atoms with Crippen LogP contribution >= 0.6 is 0 Å². The maximum atomic E-state index is 10.6. The van der Waals surface area contributed by atoms with Gasteiger partial charge in [0.05, 0.1) is 0 Å². The summed E-state index contributed by atoms with van der Waals surface area (Å²) in [5.74, 6) is 0.573. The summed E-state index contributed by atoms with van der Waals surface area (Å²) < 4.78 is 0. The minimum absolute atomic E-state index is 0.573. The molecule has 1 amide bonds. The molecular formula is C15H22N2O. The first-order valence-electron chi connectivity index (χ1n) is 6.75. The maximum Gasteiger partial charge on any atom is 0.211 e. The van der Waals surface area contributed by atoms with Crippen LogP contribution in [0.25, 0.3) is 0 Å². The number of anilines is 1. The zero-order valence-corrected chi connectivity index (χ0v) is 11.2. The molecule has 0 atom stereocenters. The van der Waals surface area contributed by atoms with Gasteiger partial charge in [-0.25, -0.2) is 0 Å². The van der Waals surface area contributed by atoms with Crippen LogP contribution in [0.3, 0.4) is 0 Å². The van der Waals surface area contributed by atoms with E-state index in [0.29, 0.717) is 12.0 Å². The van der Waals surface area contributed by atoms with Crippen LogP contribution < -0.4 is 5.32 Å². The molecule has 1 aromatic carbocycles. The molecule has 0 aromatic heterocycles. The Balaban J connectivity index is 2.07. The Morgan fingerprint density at radius 3 is 2.56 bits per heavy atom. The molecule has 1 heterocycles. The number of para-hydroxylation sites is 1. The van der Waals surface area contributed by atoms with E-state index >= 15 is 0 Å². The first-order valence-corrected chi connectivity index (χ1v) is 6.75. The van der Waals surface area contributed by atoms with Gasteiger partial charge in [0.25, 0.3) is 0 Å². The second kappa shape index (κ2) is 6.01. The second-order valence-corrected chi connectivity index (χ2v) is 5.25. The van der Waals surface area contributed by atoms with Crippen molar-refractivity contribution in [2.24, 2.45) is 0 Å². The van der Waals surface area contributed by atoms with Gasteiger partial charge in [-0.15, -0.1) is 0 Å². The summed E-state index contributed by atoms with van der Waals surface area (Å²) in [7, 11) is 0. The van der Waals surface area contributed by atoms with Crippen LogP contribution in [-0.2, 0) is 4.79 Å². The van der Waals surface area contributed by atoms with Crippen molar-refractivity contribution in [3.63, 3.8) is 0 Å². The lowest BCUT2D eigenvalue weighted by Gasteiger charge is -2.35. The molecule has 1 aliphatic heterocycles. The predicted molar refractivity (Wildman–Crippen MR) is 74.8 cm³/mol. The molecular weight excluding hydrogens is 224 g/mol. The largest absolute Gasteiger partial charge is 0.328 e. The van der Waals surface area contributed by atoms with Gasteiger partial charge in [0.1, 0.15) is 0 Å². The predicted octanol–water partition coefficient (Wildman–Crippen LogP) is 2.84. The van der Waals surface area contributed by atoms with Crippen LogP contribution in [0.1, 0.15) is 38.2 Å². The van der Waals surface area contributed by atoms with E-state index in [1.807, 2.05) is 12.1 Å². The minimum Gasteiger partial charge on any atom is -0.328 e. The van der Waals surface area contributed by atoms with Gasteiger partial charge >= 0.3 is 0 Å². The highest BCUT2D eigenvalue weighted by Crippen LogP contribution is 2.33. The van der Waals surface area contributed by atoms with E-state index in [2.05, 4.69) is 36.2 Å². The lowest BCUT2D eigenvalue weighted by Crippen LogP contribution is -2.37. The SMILES string of the molecule is CC(C)N1CCC(c2ccccc2NC=O)CC1. The Hall–Kier alpha value is -1.35. The number of carbonyl (C=O) groups is 1. The number of nitrogens with one attached hydrogen (secondary N) is 1. The highest BCUT2D eigenvalue weighted by atomic mass is 16.1. The van der Waals surface area contributed by atoms with Gasteiger partial charge < -0.3 is 10.2 Å². The van der Waals surface area contributed by atoms with E-state index in [0.717, 1.165) is 25.2 Å². The minimum atomic E-state index is 0.573.